The molecule has 0 amide bonds. The highest BCUT2D eigenvalue weighted by molar-refractivity contribution is 5.50. The third kappa shape index (κ3) is 2.89. The second-order valence-electron chi connectivity index (χ2n) is 4.47. The van der Waals surface area contributed by atoms with Gasteiger partial charge in [-0.25, -0.2) is 0 Å². The number of nitrogen functional groups attached to an aromatic ring is 1. The number of alkyl halides is 3. The molecule has 1 aromatic carbocycles. The molecule has 99 valence electrons. The van der Waals surface area contributed by atoms with E-state index in [4.69, 9.17) is 5.73 Å². The zero-order chi connectivity index (χ0) is 13.1. The maximum Gasteiger partial charge on any atom is 0.387 e. The van der Waals surface area contributed by atoms with Crippen molar-refractivity contribution in [2.75, 3.05) is 12.4 Å². The van der Waals surface area contributed by atoms with Gasteiger partial charge in [-0.15, -0.1) is 0 Å². The van der Waals surface area contributed by atoms with Gasteiger partial charge in [-0.3, -0.25) is 4.39 Å². The molecule has 0 heterocycles. The van der Waals surface area contributed by atoms with E-state index in [1.54, 1.807) is 12.1 Å². The van der Waals surface area contributed by atoms with Crippen LogP contribution >= 0.6 is 0 Å². The molecule has 1 aliphatic rings. The Morgan fingerprint density at radius 3 is 2.67 bits per heavy atom. The van der Waals surface area contributed by atoms with Crippen LogP contribution in [0, 0.1) is 5.92 Å². The second kappa shape index (κ2) is 5.50. The third-order valence-electron chi connectivity index (χ3n) is 3.21. The van der Waals surface area contributed by atoms with Crippen molar-refractivity contribution in [2.24, 2.45) is 0 Å². The standard InChI is InChI=1S/C13H15F3NO/c14-4-3-8-5-9(6-8)11-2-1-10(17)7-12(11)18-13(15)16/h1-2,7,9,13H,3-6,17H2. The van der Waals surface area contributed by atoms with Crippen LogP contribution in [0.15, 0.2) is 18.2 Å². The normalized spacial score (nSPS) is 16.9. The third-order valence-corrected chi connectivity index (χ3v) is 3.21. The molecule has 1 radical (unpaired) electrons. The summed E-state index contributed by atoms with van der Waals surface area (Å²) in [5, 5.41) is 0. The lowest BCUT2D eigenvalue weighted by molar-refractivity contribution is -0.0507. The number of anilines is 1. The van der Waals surface area contributed by atoms with Crippen LogP contribution < -0.4 is 10.5 Å². The summed E-state index contributed by atoms with van der Waals surface area (Å²) in [4.78, 5) is 0. The molecule has 0 unspecified atom stereocenters. The van der Waals surface area contributed by atoms with E-state index in [0.717, 1.165) is 24.3 Å². The first-order valence-electron chi connectivity index (χ1n) is 5.84. The van der Waals surface area contributed by atoms with Crippen molar-refractivity contribution in [1.82, 2.24) is 0 Å². The Bertz CT molecular complexity index is 405. The summed E-state index contributed by atoms with van der Waals surface area (Å²) in [5.41, 5.74) is 6.68. The molecule has 2 N–H and O–H groups in total. The molecule has 0 atom stereocenters. The van der Waals surface area contributed by atoms with Gasteiger partial charge in [0.25, 0.3) is 0 Å². The molecule has 2 nitrogen and oxygen atoms in total. The summed E-state index contributed by atoms with van der Waals surface area (Å²) < 4.78 is 41.2. The summed E-state index contributed by atoms with van der Waals surface area (Å²) >= 11 is 0. The Labute approximate surface area is 104 Å². The van der Waals surface area contributed by atoms with Crippen LogP contribution in [-0.4, -0.2) is 13.3 Å². The average Bonchev–Trinajstić information content (AvgIpc) is 2.23. The Hall–Kier alpha value is -1.39. The first-order chi connectivity index (χ1) is 8.60. The molecule has 0 bridgehead atoms. The smallest absolute Gasteiger partial charge is 0.387 e. The molecule has 0 aromatic heterocycles. The molecule has 0 aliphatic heterocycles. The molecule has 1 aromatic rings. The number of halogens is 3. The lowest BCUT2D eigenvalue weighted by Gasteiger charge is -2.35. The molecule has 1 saturated carbocycles. The summed E-state index contributed by atoms with van der Waals surface area (Å²) in [5.74, 6) is 1.41. The van der Waals surface area contributed by atoms with Gasteiger partial charge in [-0.2, -0.15) is 8.78 Å². The predicted molar refractivity (Wildman–Crippen MR) is 63.3 cm³/mol. The minimum Gasteiger partial charge on any atom is -0.434 e. The fourth-order valence-corrected chi connectivity index (χ4v) is 2.28. The van der Waals surface area contributed by atoms with Gasteiger partial charge in [0.15, 0.2) is 0 Å². The van der Waals surface area contributed by atoms with E-state index < -0.39 is 6.61 Å². The van der Waals surface area contributed by atoms with Crippen LogP contribution in [0.2, 0.25) is 0 Å². The van der Waals surface area contributed by atoms with Gasteiger partial charge in [0, 0.05) is 11.8 Å². The van der Waals surface area contributed by atoms with Crippen molar-refractivity contribution in [2.45, 2.75) is 31.8 Å². The van der Waals surface area contributed by atoms with E-state index in [0.29, 0.717) is 12.1 Å². The first-order valence-corrected chi connectivity index (χ1v) is 5.84. The SMILES string of the molecule is Nc1ccc(C2C[C](CCF)C2)c(OC(F)F)c1. The predicted octanol–water partition coefficient (Wildman–Crippen LogP) is 3.68. The summed E-state index contributed by atoms with van der Waals surface area (Å²) in [6.07, 6.45) is 1.96. The van der Waals surface area contributed by atoms with Gasteiger partial charge in [0.2, 0.25) is 0 Å². The maximum atomic E-state index is 12.3. The molecule has 0 spiro atoms. The van der Waals surface area contributed by atoms with Crippen molar-refractivity contribution >= 4 is 5.69 Å². The van der Waals surface area contributed by atoms with Crippen LogP contribution in [0.25, 0.3) is 0 Å². The molecule has 0 saturated heterocycles. The van der Waals surface area contributed by atoms with Gasteiger partial charge < -0.3 is 10.5 Å². The van der Waals surface area contributed by atoms with Crippen molar-refractivity contribution in [3.63, 3.8) is 0 Å². The number of nitrogens with two attached hydrogens (primary N) is 1. The van der Waals surface area contributed by atoms with Gasteiger partial charge in [0.1, 0.15) is 5.75 Å². The quantitative estimate of drug-likeness (QED) is 0.818. The fraction of sp³-hybridized carbons (Fsp3) is 0.462. The van der Waals surface area contributed by atoms with Crippen molar-refractivity contribution in [3.05, 3.63) is 29.7 Å². The Balaban J connectivity index is 2.08. The van der Waals surface area contributed by atoms with Crippen LogP contribution in [0.4, 0.5) is 18.9 Å². The molecule has 5 heteroatoms. The Kier molecular flexibility index (Phi) is 3.99. The number of hydrogen-bond acceptors (Lipinski definition) is 2. The average molecular weight is 258 g/mol. The number of benzene rings is 1. The summed E-state index contributed by atoms with van der Waals surface area (Å²) in [6, 6.07) is 4.79. The number of rotatable bonds is 5. The molecule has 2 rings (SSSR count). The lowest BCUT2D eigenvalue weighted by atomic mass is 9.70. The number of ether oxygens (including phenoxy) is 1. The maximum absolute atomic E-state index is 12.3. The van der Waals surface area contributed by atoms with Gasteiger partial charge in [-0.05, 0) is 42.7 Å². The molecular weight excluding hydrogens is 243 g/mol. The van der Waals surface area contributed by atoms with Gasteiger partial charge in [-0.1, -0.05) is 6.07 Å². The highest BCUT2D eigenvalue weighted by Crippen LogP contribution is 2.48. The topological polar surface area (TPSA) is 35.2 Å². The molecular formula is C13H15F3NO. The minimum absolute atomic E-state index is 0.134. The van der Waals surface area contributed by atoms with Crippen LogP contribution in [0.1, 0.15) is 30.7 Å². The van der Waals surface area contributed by atoms with Crippen LogP contribution in [-0.2, 0) is 0 Å². The van der Waals surface area contributed by atoms with E-state index in [9.17, 15) is 13.2 Å². The van der Waals surface area contributed by atoms with E-state index in [1.807, 2.05) is 0 Å². The van der Waals surface area contributed by atoms with E-state index in [-0.39, 0.29) is 18.3 Å². The fourth-order valence-electron chi connectivity index (χ4n) is 2.28. The highest BCUT2D eigenvalue weighted by Gasteiger charge is 2.32. The zero-order valence-electron chi connectivity index (χ0n) is 9.83. The molecule has 1 fully saturated rings. The first kappa shape index (κ1) is 13.1. The molecule has 18 heavy (non-hydrogen) atoms. The second-order valence-corrected chi connectivity index (χ2v) is 4.47. The van der Waals surface area contributed by atoms with Gasteiger partial charge in [0.05, 0.1) is 6.67 Å². The minimum atomic E-state index is -2.86. The zero-order valence-corrected chi connectivity index (χ0v) is 9.83. The van der Waals surface area contributed by atoms with Gasteiger partial charge >= 0.3 is 6.61 Å². The monoisotopic (exact) mass is 258 g/mol. The lowest BCUT2D eigenvalue weighted by Crippen LogP contribution is -2.21. The van der Waals surface area contributed by atoms with E-state index in [1.165, 1.54) is 6.07 Å². The van der Waals surface area contributed by atoms with Crippen LogP contribution in [0.3, 0.4) is 0 Å². The van der Waals surface area contributed by atoms with E-state index in [2.05, 4.69) is 4.74 Å². The van der Waals surface area contributed by atoms with Crippen molar-refractivity contribution in [3.8, 4) is 5.75 Å². The largest absolute Gasteiger partial charge is 0.434 e. The summed E-state index contributed by atoms with van der Waals surface area (Å²) in [6.45, 7) is -3.22. The number of hydrogen-bond donors (Lipinski definition) is 1. The Morgan fingerprint density at radius 2 is 2.06 bits per heavy atom. The van der Waals surface area contributed by atoms with E-state index >= 15 is 0 Å². The highest BCUT2D eigenvalue weighted by atomic mass is 19.3. The Morgan fingerprint density at radius 1 is 1.33 bits per heavy atom. The molecule has 1 aliphatic carbocycles. The van der Waals surface area contributed by atoms with Crippen molar-refractivity contribution < 1.29 is 17.9 Å². The summed E-state index contributed by atoms with van der Waals surface area (Å²) in [7, 11) is 0. The van der Waals surface area contributed by atoms with Crippen molar-refractivity contribution in [1.29, 1.82) is 0 Å². The van der Waals surface area contributed by atoms with Crippen LogP contribution in [0.5, 0.6) is 5.75 Å².